The van der Waals surface area contributed by atoms with E-state index in [-0.39, 0.29) is 18.0 Å². The number of cyclic esters (lactones) is 1. The predicted molar refractivity (Wildman–Crippen MR) is 108 cm³/mol. The Morgan fingerprint density at radius 2 is 1.75 bits per heavy atom. The van der Waals surface area contributed by atoms with E-state index in [1.165, 1.54) is 12.0 Å². The Hall–Kier alpha value is -2.04. The topological polar surface area (TPSA) is 72.8 Å². The number of carbonyl (C=O) groups excluding carboxylic acids is 1. The molecule has 28 heavy (non-hydrogen) atoms. The summed E-state index contributed by atoms with van der Waals surface area (Å²) in [5.74, 6) is 0.815. The van der Waals surface area contributed by atoms with E-state index in [0.29, 0.717) is 12.3 Å². The van der Waals surface area contributed by atoms with Crippen molar-refractivity contribution in [3.8, 4) is 5.75 Å². The van der Waals surface area contributed by atoms with E-state index in [1.807, 2.05) is 19.1 Å². The number of esters is 1. The summed E-state index contributed by atoms with van der Waals surface area (Å²) in [6.07, 6.45) is 9.85. The van der Waals surface area contributed by atoms with Crippen molar-refractivity contribution in [3.63, 3.8) is 0 Å². The Bertz CT molecular complexity index is 604. The lowest BCUT2D eigenvalue weighted by Crippen LogP contribution is -2.18. The van der Waals surface area contributed by atoms with Gasteiger partial charge in [-0.05, 0) is 69.1 Å². The second kappa shape index (κ2) is 11.7. The molecule has 5 nitrogen and oxygen atoms in total. The van der Waals surface area contributed by atoms with Crippen molar-refractivity contribution in [3.05, 3.63) is 29.8 Å². The van der Waals surface area contributed by atoms with Gasteiger partial charge in [-0.25, -0.2) is 0 Å². The zero-order valence-corrected chi connectivity index (χ0v) is 17.2. The van der Waals surface area contributed by atoms with E-state index in [0.717, 1.165) is 57.1 Å². The second-order valence-electron chi connectivity index (χ2n) is 8.02. The maximum absolute atomic E-state index is 11.5. The smallest absolute Gasteiger partial charge is 0.306 e. The monoisotopic (exact) mass is 390 g/mol. The van der Waals surface area contributed by atoms with Crippen molar-refractivity contribution in [1.29, 1.82) is 0 Å². The van der Waals surface area contributed by atoms with Gasteiger partial charge in [-0.1, -0.05) is 31.4 Å². The number of methoxy groups -OCH3 is 1. The van der Waals surface area contributed by atoms with Crippen LogP contribution < -0.4 is 4.74 Å². The van der Waals surface area contributed by atoms with Gasteiger partial charge < -0.3 is 14.6 Å². The summed E-state index contributed by atoms with van der Waals surface area (Å²) in [6, 6.07) is 8.27. The Morgan fingerprint density at radius 3 is 2.32 bits per heavy atom. The van der Waals surface area contributed by atoms with Crippen LogP contribution in [0.2, 0.25) is 0 Å². The van der Waals surface area contributed by atoms with Crippen LogP contribution >= 0.6 is 0 Å². The Balaban J connectivity index is 0.000000292. The molecule has 1 saturated heterocycles. The molecule has 0 bridgehead atoms. The highest BCUT2D eigenvalue weighted by Gasteiger charge is 2.21. The predicted octanol–water partition coefficient (Wildman–Crippen LogP) is 5.01. The van der Waals surface area contributed by atoms with Crippen LogP contribution in [0.4, 0.5) is 0 Å². The molecule has 1 saturated carbocycles. The molecular weight excluding hydrogens is 356 g/mol. The fourth-order valence-electron chi connectivity index (χ4n) is 4.07. The molecule has 0 amide bonds. The molecule has 1 N–H and O–H groups in total. The van der Waals surface area contributed by atoms with Gasteiger partial charge in [0.15, 0.2) is 0 Å². The number of aliphatic carboxylic acids is 1. The molecule has 0 radical (unpaired) electrons. The van der Waals surface area contributed by atoms with Crippen LogP contribution in [0.15, 0.2) is 24.3 Å². The maximum atomic E-state index is 11.5. The highest BCUT2D eigenvalue weighted by Crippen LogP contribution is 2.25. The first-order valence-electron chi connectivity index (χ1n) is 10.5. The van der Waals surface area contributed by atoms with E-state index in [2.05, 4.69) is 12.1 Å². The number of hydrogen-bond acceptors (Lipinski definition) is 4. The highest BCUT2D eigenvalue weighted by atomic mass is 16.5. The van der Waals surface area contributed by atoms with Gasteiger partial charge in [0.1, 0.15) is 5.75 Å². The maximum Gasteiger partial charge on any atom is 0.306 e. The first kappa shape index (κ1) is 22.3. The van der Waals surface area contributed by atoms with Crippen LogP contribution in [-0.2, 0) is 20.7 Å². The van der Waals surface area contributed by atoms with Crippen molar-refractivity contribution in [2.75, 3.05) is 7.11 Å². The average molecular weight is 391 g/mol. The molecule has 0 aromatic heterocycles. The van der Waals surface area contributed by atoms with Gasteiger partial charge in [-0.15, -0.1) is 0 Å². The van der Waals surface area contributed by atoms with E-state index in [1.54, 1.807) is 7.11 Å². The van der Waals surface area contributed by atoms with Crippen LogP contribution in [0.25, 0.3) is 0 Å². The molecule has 3 rings (SSSR count). The zero-order chi connectivity index (χ0) is 20.4. The van der Waals surface area contributed by atoms with Gasteiger partial charge >= 0.3 is 11.9 Å². The van der Waals surface area contributed by atoms with Crippen molar-refractivity contribution in [2.45, 2.75) is 77.2 Å². The zero-order valence-electron chi connectivity index (χ0n) is 17.2. The highest BCUT2D eigenvalue weighted by molar-refractivity contribution is 5.70. The Morgan fingerprint density at radius 1 is 1.11 bits per heavy atom. The van der Waals surface area contributed by atoms with Gasteiger partial charge in [0.05, 0.1) is 19.1 Å². The minimum absolute atomic E-state index is 0.0185. The number of benzene rings is 1. The first-order chi connectivity index (χ1) is 13.5. The minimum Gasteiger partial charge on any atom is -0.497 e. The number of rotatable bonds is 4. The lowest BCUT2D eigenvalue weighted by molar-refractivity contribution is -0.148. The molecule has 1 aliphatic carbocycles. The summed E-state index contributed by atoms with van der Waals surface area (Å²) >= 11 is 0. The van der Waals surface area contributed by atoms with Gasteiger partial charge in [0.2, 0.25) is 0 Å². The van der Waals surface area contributed by atoms with Gasteiger partial charge in [-0.3, -0.25) is 9.59 Å². The molecule has 0 spiro atoms. The first-order valence-corrected chi connectivity index (χ1v) is 10.5. The van der Waals surface area contributed by atoms with E-state index in [4.69, 9.17) is 14.6 Å². The molecule has 1 aliphatic heterocycles. The van der Waals surface area contributed by atoms with E-state index in [9.17, 15) is 9.59 Å². The van der Waals surface area contributed by atoms with E-state index >= 15 is 0 Å². The van der Waals surface area contributed by atoms with Gasteiger partial charge in [-0.2, -0.15) is 0 Å². The fraction of sp³-hybridized carbons (Fsp3) is 0.652. The quantitative estimate of drug-likeness (QED) is 0.732. The summed E-state index contributed by atoms with van der Waals surface area (Å²) in [7, 11) is 1.68. The molecule has 2 aliphatic rings. The molecule has 156 valence electrons. The summed E-state index contributed by atoms with van der Waals surface area (Å²) in [5.41, 5.74) is 1.33. The fourth-order valence-corrected chi connectivity index (χ4v) is 4.07. The number of carbonyl (C=O) groups is 2. The van der Waals surface area contributed by atoms with Gasteiger partial charge in [0.25, 0.3) is 0 Å². The van der Waals surface area contributed by atoms with Crippen LogP contribution in [0.1, 0.15) is 70.3 Å². The molecule has 5 heteroatoms. The number of ether oxygens (including phenoxy) is 2. The lowest BCUT2D eigenvalue weighted by Gasteiger charge is -2.20. The standard InChI is InChI=1S/C17H24O3.C6H10O2/c1-13-11-15(5-3-4-6-17(18)20-13)12-14-7-9-16(19-2)10-8-14;7-6(8)5-3-1-2-4-5/h7-10,13,15H,3-6,11-12H2,1-2H3;5H,1-4H2,(H,7,8). The van der Waals surface area contributed by atoms with Crippen molar-refractivity contribution < 1.29 is 24.2 Å². The van der Waals surface area contributed by atoms with Crippen molar-refractivity contribution in [2.24, 2.45) is 11.8 Å². The second-order valence-corrected chi connectivity index (χ2v) is 8.02. The SMILES string of the molecule is COc1ccc(CC2CCCCC(=O)OC(C)C2)cc1.O=C(O)C1CCCC1. The summed E-state index contributed by atoms with van der Waals surface area (Å²) < 4.78 is 10.6. The van der Waals surface area contributed by atoms with Crippen molar-refractivity contribution >= 4 is 11.9 Å². The normalized spacial score (nSPS) is 23.4. The summed E-state index contributed by atoms with van der Waals surface area (Å²) in [5, 5.41) is 8.41. The third-order valence-electron chi connectivity index (χ3n) is 5.63. The Kier molecular flexibility index (Phi) is 9.32. The van der Waals surface area contributed by atoms with Crippen LogP contribution in [0.5, 0.6) is 5.75 Å². The summed E-state index contributed by atoms with van der Waals surface area (Å²) in [4.78, 5) is 21.7. The van der Waals surface area contributed by atoms with Crippen LogP contribution in [0.3, 0.4) is 0 Å². The van der Waals surface area contributed by atoms with E-state index < -0.39 is 5.97 Å². The number of carboxylic acid groups (broad SMARTS) is 1. The third kappa shape index (κ3) is 7.91. The average Bonchev–Trinajstić information content (AvgIpc) is 3.22. The largest absolute Gasteiger partial charge is 0.497 e. The minimum atomic E-state index is -0.609. The summed E-state index contributed by atoms with van der Waals surface area (Å²) in [6.45, 7) is 2.00. The van der Waals surface area contributed by atoms with Crippen LogP contribution in [0, 0.1) is 11.8 Å². The molecule has 1 heterocycles. The lowest BCUT2D eigenvalue weighted by atomic mass is 9.89. The molecule has 2 fully saturated rings. The van der Waals surface area contributed by atoms with Gasteiger partial charge in [0, 0.05) is 6.42 Å². The molecular formula is C23H34O5. The molecule has 1 aromatic rings. The van der Waals surface area contributed by atoms with Crippen LogP contribution in [-0.4, -0.2) is 30.3 Å². The van der Waals surface area contributed by atoms with Crippen molar-refractivity contribution in [1.82, 2.24) is 0 Å². The third-order valence-corrected chi connectivity index (χ3v) is 5.63. The molecule has 1 aromatic carbocycles. The Labute approximate surface area is 168 Å². The molecule has 2 atom stereocenters. The number of hydrogen-bond donors (Lipinski definition) is 1. The molecule has 2 unspecified atom stereocenters. The number of carboxylic acids is 1.